The smallest absolute Gasteiger partial charge is 0.319 e. The van der Waals surface area contributed by atoms with Gasteiger partial charge in [-0.25, -0.2) is 9.18 Å². The van der Waals surface area contributed by atoms with E-state index in [1.165, 1.54) is 36.5 Å². The second-order valence-corrected chi connectivity index (χ2v) is 5.80. The zero-order chi connectivity index (χ0) is 15.5. The van der Waals surface area contributed by atoms with Crippen LogP contribution in [0.1, 0.15) is 18.1 Å². The molecule has 0 spiro atoms. The third-order valence-electron chi connectivity index (χ3n) is 3.14. The summed E-state index contributed by atoms with van der Waals surface area (Å²) in [7, 11) is 0. The second-order valence-electron chi connectivity index (χ2n) is 5.06. The summed E-state index contributed by atoms with van der Waals surface area (Å²) in [6.07, 6.45) is 0. The third-order valence-corrected chi connectivity index (χ3v) is 4.00. The first-order valence-corrected chi connectivity index (χ1v) is 7.39. The van der Waals surface area contributed by atoms with Gasteiger partial charge in [0.05, 0.1) is 12.2 Å². The van der Waals surface area contributed by atoms with Crippen molar-refractivity contribution in [2.75, 3.05) is 11.9 Å². The van der Waals surface area contributed by atoms with Gasteiger partial charge in [-0.2, -0.15) is 0 Å². The molecule has 3 N–H and O–H groups in total. The van der Waals surface area contributed by atoms with E-state index in [-0.39, 0.29) is 6.54 Å². The lowest BCUT2D eigenvalue weighted by molar-refractivity contribution is 0.0596. The summed E-state index contributed by atoms with van der Waals surface area (Å²) in [5.74, 6) is -0.425. The van der Waals surface area contributed by atoms with E-state index in [0.717, 1.165) is 11.3 Å². The Morgan fingerprint density at radius 3 is 2.81 bits per heavy atom. The van der Waals surface area contributed by atoms with Gasteiger partial charge < -0.3 is 15.7 Å². The topological polar surface area (TPSA) is 61.4 Å². The number of aryl methyl sites for hydroxylation is 1. The zero-order valence-electron chi connectivity index (χ0n) is 11.8. The summed E-state index contributed by atoms with van der Waals surface area (Å²) in [6, 6.07) is 5.29. The van der Waals surface area contributed by atoms with E-state index in [2.05, 4.69) is 10.6 Å². The van der Waals surface area contributed by atoms with Crippen LogP contribution in [0.15, 0.2) is 35.0 Å². The molecule has 1 unspecified atom stereocenters. The number of urea groups is 1. The molecule has 112 valence electrons. The summed E-state index contributed by atoms with van der Waals surface area (Å²) >= 11 is 1.50. The highest BCUT2D eigenvalue weighted by Gasteiger charge is 2.24. The molecule has 0 saturated carbocycles. The number of benzene rings is 1. The molecule has 0 aliphatic heterocycles. The van der Waals surface area contributed by atoms with E-state index >= 15 is 0 Å². The fraction of sp³-hybridized carbons (Fsp3) is 0.267. The normalized spacial score (nSPS) is 13.5. The van der Waals surface area contributed by atoms with Crippen LogP contribution in [0.3, 0.4) is 0 Å². The summed E-state index contributed by atoms with van der Waals surface area (Å²) in [6.45, 7) is 3.40. The molecule has 1 aromatic carbocycles. The van der Waals surface area contributed by atoms with Crippen LogP contribution in [0.5, 0.6) is 0 Å². The molecular weight excluding hydrogens is 291 g/mol. The van der Waals surface area contributed by atoms with Crippen molar-refractivity contribution >= 4 is 23.1 Å². The average molecular weight is 308 g/mol. The summed E-state index contributed by atoms with van der Waals surface area (Å²) < 4.78 is 13.2. The molecule has 0 fully saturated rings. The Morgan fingerprint density at radius 2 is 2.19 bits per heavy atom. The van der Waals surface area contributed by atoms with Gasteiger partial charge in [0.2, 0.25) is 0 Å². The van der Waals surface area contributed by atoms with Crippen molar-refractivity contribution in [3.05, 3.63) is 52.0 Å². The number of anilines is 1. The van der Waals surface area contributed by atoms with Crippen LogP contribution in [0, 0.1) is 12.7 Å². The van der Waals surface area contributed by atoms with Crippen molar-refractivity contribution in [1.82, 2.24) is 5.32 Å². The van der Waals surface area contributed by atoms with Gasteiger partial charge in [-0.05, 0) is 42.5 Å². The van der Waals surface area contributed by atoms with Crippen LogP contribution in [0.25, 0.3) is 0 Å². The molecule has 0 bridgehead atoms. The molecule has 0 radical (unpaired) electrons. The van der Waals surface area contributed by atoms with E-state index < -0.39 is 17.4 Å². The van der Waals surface area contributed by atoms with E-state index in [1.54, 1.807) is 6.07 Å². The van der Waals surface area contributed by atoms with Crippen LogP contribution in [-0.4, -0.2) is 17.7 Å². The number of amides is 2. The molecule has 6 heteroatoms. The summed E-state index contributed by atoms with van der Waals surface area (Å²) in [5.41, 5.74) is 0.785. The van der Waals surface area contributed by atoms with Crippen molar-refractivity contribution in [3.63, 3.8) is 0 Å². The molecule has 0 saturated heterocycles. The molecule has 4 nitrogen and oxygen atoms in total. The number of nitrogens with one attached hydrogen (secondary N) is 2. The number of aliphatic hydroxyl groups is 1. The standard InChI is InChI=1S/C15H17FN2O2S/c1-10-7-21-8-13(10)18-14(19)17-9-15(2,20)11-4-3-5-12(16)6-11/h3-8,20H,9H2,1-2H3,(H2,17,18,19). The molecular formula is C15H17FN2O2S. The van der Waals surface area contributed by atoms with Gasteiger partial charge in [-0.1, -0.05) is 12.1 Å². The van der Waals surface area contributed by atoms with Crippen LogP contribution in [-0.2, 0) is 5.60 Å². The van der Waals surface area contributed by atoms with Gasteiger partial charge in [0, 0.05) is 5.38 Å². The van der Waals surface area contributed by atoms with E-state index in [9.17, 15) is 14.3 Å². The minimum absolute atomic E-state index is 0.0223. The van der Waals surface area contributed by atoms with Crippen molar-refractivity contribution in [2.24, 2.45) is 0 Å². The molecule has 1 atom stereocenters. The lowest BCUT2D eigenvalue weighted by Crippen LogP contribution is -2.40. The molecule has 0 aliphatic carbocycles. The fourth-order valence-electron chi connectivity index (χ4n) is 1.83. The van der Waals surface area contributed by atoms with Crippen molar-refractivity contribution in [2.45, 2.75) is 19.4 Å². The number of carbonyl (C=O) groups is 1. The minimum Gasteiger partial charge on any atom is -0.384 e. The largest absolute Gasteiger partial charge is 0.384 e. The zero-order valence-corrected chi connectivity index (χ0v) is 12.6. The number of halogens is 1. The number of hydrogen-bond donors (Lipinski definition) is 3. The predicted octanol–water partition coefficient (Wildman–Crippen LogP) is 3.22. The van der Waals surface area contributed by atoms with Crippen LogP contribution in [0.2, 0.25) is 0 Å². The first-order chi connectivity index (χ1) is 9.88. The van der Waals surface area contributed by atoms with Crippen LogP contribution in [0.4, 0.5) is 14.9 Å². The molecule has 0 aliphatic rings. The van der Waals surface area contributed by atoms with Crippen LogP contribution < -0.4 is 10.6 Å². The number of hydrogen-bond acceptors (Lipinski definition) is 3. The molecule has 2 aromatic rings. The minimum atomic E-state index is -1.34. The number of thiophene rings is 1. The van der Waals surface area contributed by atoms with Crippen molar-refractivity contribution < 1.29 is 14.3 Å². The number of rotatable bonds is 4. The maximum absolute atomic E-state index is 13.2. The highest BCUT2D eigenvalue weighted by atomic mass is 32.1. The Labute approximate surface area is 126 Å². The van der Waals surface area contributed by atoms with Gasteiger partial charge >= 0.3 is 6.03 Å². The number of carbonyl (C=O) groups excluding carboxylic acids is 1. The Bertz CT molecular complexity index is 640. The lowest BCUT2D eigenvalue weighted by atomic mass is 9.96. The van der Waals surface area contributed by atoms with Gasteiger partial charge in [0.1, 0.15) is 11.4 Å². The Kier molecular flexibility index (Phi) is 4.59. The highest BCUT2D eigenvalue weighted by Crippen LogP contribution is 2.21. The first kappa shape index (κ1) is 15.5. The molecule has 1 aromatic heterocycles. The average Bonchev–Trinajstić information content (AvgIpc) is 2.82. The van der Waals surface area contributed by atoms with Gasteiger partial charge in [0.25, 0.3) is 0 Å². The quantitative estimate of drug-likeness (QED) is 0.812. The summed E-state index contributed by atoms with van der Waals surface area (Å²) in [5, 5.41) is 19.4. The predicted molar refractivity (Wildman–Crippen MR) is 82.0 cm³/mol. The maximum atomic E-state index is 13.2. The monoisotopic (exact) mass is 308 g/mol. The maximum Gasteiger partial charge on any atom is 0.319 e. The summed E-state index contributed by atoms with van der Waals surface area (Å²) in [4.78, 5) is 11.8. The lowest BCUT2D eigenvalue weighted by Gasteiger charge is -2.24. The van der Waals surface area contributed by atoms with Gasteiger partial charge in [-0.3, -0.25) is 0 Å². The second kappa shape index (κ2) is 6.24. The molecule has 1 heterocycles. The third kappa shape index (κ3) is 4.03. The Balaban J connectivity index is 1.95. The van der Waals surface area contributed by atoms with E-state index in [1.807, 2.05) is 17.7 Å². The van der Waals surface area contributed by atoms with E-state index in [4.69, 9.17) is 0 Å². The molecule has 2 amide bonds. The van der Waals surface area contributed by atoms with Crippen LogP contribution >= 0.6 is 11.3 Å². The van der Waals surface area contributed by atoms with Crippen molar-refractivity contribution in [3.8, 4) is 0 Å². The Morgan fingerprint density at radius 1 is 1.43 bits per heavy atom. The highest BCUT2D eigenvalue weighted by molar-refractivity contribution is 7.08. The van der Waals surface area contributed by atoms with Gasteiger partial charge in [0.15, 0.2) is 0 Å². The molecule has 2 rings (SSSR count). The Hall–Kier alpha value is -1.92. The van der Waals surface area contributed by atoms with Crippen molar-refractivity contribution in [1.29, 1.82) is 0 Å². The SMILES string of the molecule is Cc1cscc1NC(=O)NCC(C)(O)c1cccc(F)c1. The molecule has 21 heavy (non-hydrogen) atoms. The fourth-order valence-corrected chi connectivity index (χ4v) is 2.61. The van der Waals surface area contributed by atoms with E-state index in [0.29, 0.717) is 5.56 Å². The first-order valence-electron chi connectivity index (χ1n) is 6.44. The van der Waals surface area contributed by atoms with Gasteiger partial charge in [-0.15, -0.1) is 11.3 Å².